The predicted molar refractivity (Wildman–Crippen MR) is 92.6 cm³/mol. The third kappa shape index (κ3) is 5.55. The van der Waals surface area contributed by atoms with Crippen molar-refractivity contribution in [1.82, 2.24) is 10.2 Å². The van der Waals surface area contributed by atoms with E-state index in [1.807, 2.05) is 44.2 Å². The summed E-state index contributed by atoms with van der Waals surface area (Å²) in [6.45, 7) is 4.10. The Labute approximate surface area is 141 Å². The van der Waals surface area contributed by atoms with Gasteiger partial charge in [0.1, 0.15) is 5.76 Å². The molecule has 0 fully saturated rings. The first-order valence-electron chi connectivity index (χ1n) is 7.82. The van der Waals surface area contributed by atoms with Crippen LogP contribution in [0, 0.1) is 6.92 Å². The number of amides is 2. The zero-order valence-corrected chi connectivity index (χ0v) is 14.2. The lowest BCUT2D eigenvalue weighted by molar-refractivity contribution is -0.123. The summed E-state index contributed by atoms with van der Waals surface area (Å²) < 4.78 is 5.25. The highest BCUT2D eigenvalue weighted by molar-refractivity contribution is 5.92. The van der Waals surface area contributed by atoms with Gasteiger partial charge in [0.05, 0.1) is 25.4 Å². The lowest BCUT2D eigenvalue weighted by atomic mass is 10.2. The molecule has 24 heavy (non-hydrogen) atoms. The lowest BCUT2D eigenvalue weighted by Crippen LogP contribution is -2.39. The van der Waals surface area contributed by atoms with Gasteiger partial charge in [0.25, 0.3) is 0 Å². The minimum Gasteiger partial charge on any atom is -0.467 e. The molecule has 1 heterocycles. The fourth-order valence-electron chi connectivity index (χ4n) is 2.28. The van der Waals surface area contributed by atoms with Gasteiger partial charge in [-0.3, -0.25) is 14.5 Å². The van der Waals surface area contributed by atoms with Crippen molar-refractivity contribution < 1.29 is 14.0 Å². The zero-order valence-electron chi connectivity index (χ0n) is 14.2. The van der Waals surface area contributed by atoms with Crippen LogP contribution in [0.2, 0.25) is 0 Å². The highest BCUT2D eigenvalue weighted by Gasteiger charge is 2.15. The Kier molecular flexibility index (Phi) is 6.14. The molecule has 6 heteroatoms. The van der Waals surface area contributed by atoms with Crippen molar-refractivity contribution in [2.24, 2.45) is 0 Å². The monoisotopic (exact) mass is 329 g/mol. The van der Waals surface area contributed by atoms with Gasteiger partial charge in [-0.05, 0) is 45.2 Å². The van der Waals surface area contributed by atoms with Gasteiger partial charge in [0, 0.05) is 5.69 Å². The number of carbonyl (C=O) groups excluding carboxylic acids is 2. The maximum Gasteiger partial charge on any atom is 0.238 e. The van der Waals surface area contributed by atoms with Crippen molar-refractivity contribution >= 4 is 17.5 Å². The highest BCUT2D eigenvalue weighted by atomic mass is 16.3. The third-order valence-corrected chi connectivity index (χ3v) is 3.51. The molecule has 0 radical (unpaired) electrons. The van der Waals surface area contributed by atoms with Crippen LogP contribution in [0.25, 0.3) is 0 Å². The first-order chi connectivity index (χ1) is 11.4. The van der Waals surface area contributed by atoms with Crippen LogP contribution in [0.4, 0.5) is 5.69 Å². The molecule has 2 aromatic rings. The molecule has 0 bridgehead atoms. The van der Waals surface area contributed by atoms with Crippen molar-refractivity contribution in [3.63, 3.8) is 0 Å². The standard InChI is InChI=1S/C18H23N3O3/c1-13-6-8-15(9-7-13)20-18(23)12-21(3)11-17(22)19-14(2)16-5-4-10-24-16/h4-10,14H,11-12H2,1-3H3,(H,19,22)(H,20,23)/t14-/m1/s1. The maximum atomic E-state index is 12.0. The number of anilines is 1. The summed E-state index contributed by atoms with van der Waals surface area (Å²) in [5.74, 6) is 0.376. The number of carbonyl (C=O) groups is 2. The minimum absolute atomic E-state index is 0.131. The summed E-state index contributed by atoms with van der Waals surface area (Å²) in [4.78, 5) is 25.7. The Morgan fingerprint density at radius 1 is 1.12 bits per heavy atom. The first kappa shape index (κ1) is 17.7. The van der Waals surface area contributed by atoms with E-state index in [0.717, 1.165) is 11.3 Å². The Balaban J connectivity index is 1.75. The maximum absolute atomic E-state index is 12.0. The average molecular weight is 329 g/mol. The fraction of sp³-hybridized carbons (Fsp3) is 0.333. The molecule has 0 saturated carbocycles. The van der Waals surface area contributed by atoms with Crippen molar-refractivity contribution in [3.05, 3.63) is 54.0 Å². The third-order valence-electron chi connectivity index (χ3n) is 3.51. The lowest BCUT2D eigenvalue weighted by Gasteiger charge is -2.18. The van der Waals surface area contributed by atoms with Gasteiger partial charge in [0.15, 0.2) is 0 Å². The summed E-state index contributed by atoms with van der Waals surface area (Å²) in [6, 6.07) is 11.0. The molecule has 2 rings (SSSR count). The molecule has 1 aromatic carbocycles. The number of furan rings is 1. The molecule has 6 nitrogen and oxygen atoms in total. The van der Waals surface area contributed by atoms with Crippen LogP contribution < -0.4 is 10.6 Å². The van der Waals surface area contributed by atoms with Crippen LogP contribution in [0.5, 0.6) is 0 Å². The van der Waals surface area contributed by atoms with Crippen LogP contribution >= 0.6 is 0 Å². The number of benzene rings is 1. The summed E-state index contributed by atoms with van der Waals surface area (Å²) in [6.07, 6.45) is 1.57. The number of rotatable bonds is 7. The van der Waals surface area contributed by atoms with Crippen molar-refractivity contribution in [3.8, 4) is 0 Å². The molecule has 0 aliphatic heterocycles. The van der Waals surface area contributed by atoms with E-state index in [4.69, 9.17) is 4.42 Å². The van der Waals surface area contributed by atoms with Gasteiger partial charge in [-0.15, -0.1) is 0 Å². The smallest absolute Gasteiger partial charge is 0.238 e. The largest absolute Gasteiger partial charge is 0.467 e. The van der Waals surface area contributed by atoms with E-state index in [1.54, 1.807) is 24.3 Å². The summed E-state index contributed by atoms with van der Waals surface area (Å²) in [7, 11) is 1.73. The van der Waals surface area contributed by atoms with Crippen LogP contribution in [0.3, 0.4) is 0 Å². The molecular weight excluding hydrogens is 306 g/mol. The Morgan fingerprint density at radius 2 is 1.79 bits per heavy atom. The van der Waals surface area contributed by atoms with Gasteiger partial charge < -0.3 is 15.1 Å². The van der Waals surface area contributed by atoms with Crippen LogP contribution in [0.15, 0.2) is 47.1 Å². The Morgan fingerprint density at radius 3 is 2.42 bits per heavy atom. The molecule has 2 amide bonds. The predicted octanol–water partition coefficient (Wildman–Crippen LogP) is 2.34. The van der Waals surface area contributed by atoms with E-state index in [1.165, 1.54) is 0 Å². The summed E-state index contributed by atoms with van der Waals surface area (Å²) >= 11 is 0. The van der Waals surface area contributed by atoms with Gasteiger partial charge in [-0.25, -0.2) is 0 Å². The molecule has 2 N–H and O–H groups in total. The molecular formula is C18H23N3O3. The molecule has 0 aliphatic rings. The topological polar surface area (TPSA) is 74.6 Å². The molecule has 0 unspecified atom stereocenters. The van der Waals surface area contributed by atoms with E-state index < -0.39 is 0 Å². The van der Waals surface area contributed by atoms with Crippen molar-refractivity contribution in [1.29, 1.82) is 0 Å². The van der Waals surface area contributed by atoms with Crippen molar-refractivity contribution in [2.75, 3.05) is 25.5 Å². The molecule has 0 spiro atoms. The summed E-state index contributed by atoms with van der Waals surface area (Å²) in [5, 5.41) is 5.65. The SMILES string of the molecule is Cc1ccc(NC(=O)CN(C)CC(=O)N[C@H](C)c2ccco2)cc1. The van der Waals surface area contributed by atoms with Gasteiger partial charge in [0.2, 0.25) is 11.8 Å². The van der Waals surface area contributed by atoms with E-state index in [9.17, 15) is 9.59 Å². The van der Waals surface area contributed by atoms with Crippen LogP contribution in [-0.4, -0.2) is 36.9 Å². The minimum atomic E-state index is -0.206. The Hall–Kier alpha value is -2.60. The normalized spacial score (nSPS) is 12.0. The molecule has 1 aromatic heterocycles. The van der Waals surface area contributed by atoms with E-state index in [0.29, 0.717) is 5.76 Å². The van der Waals surface area contributed by atoms with Crippen LogP contribution in [-0.2, 0) is 9.59 Å². The van der Waals surface area contributed by atoms with E-state index >= 15 is 0 Å². The number of hydrogen-bond acceptors (Lipinski definition) is 4. The van der Waals surface area contributed by atoms with Gasteiger partial charge >= 0.3 is 0 Å². The number of likely N-dealkylation sites (N-methyl/N-ethyl adjacent to an activating group) is 1. The highest BCUT2D eigenvalue weighted by Crippen LogP contribution is 2.12. The van der Waals surface area contributed by atoms with Crippen LogP contribution in [0.1, 0.15) is 24.3 Å². The fourth-order valence-corrected chi connectivity index (χ4v) is 2.28. The molecule has 128 valence electrons. The number of aryl methyl sites for hydroxylation is 1. The van der Waals surface area contributed by atoms with E-state index in [2.05, 4.69) is 10.6 Å². The van der Waals surface area contributed by atoms with Gasteiger partial charge in [-0.2, -0.15) is 0 Å². The number of nitrogens with zero attached hydrogens (tertiary/aromatic N) is 1. The number of hydrogen-bond donors (Lipinski definition) is 2. The Bertz CT molecular complexity index is 665. The molecule has 0 aliphatic carbocycles. The summed E-state index contributed by atoms with van der Waals surface area (Å²) in [5.41, 5.74) is 1.88. The molecule has 1 atom stereocenters. The second kappa shape index (κ2) is 8.31. The zero-order chi connectivity index (χ0) is 17.5. The quantitative estimate of drug-likeness (QED) is 0.817. The second-order valence-corrected chi connectivity index (χ2v) is 5.89. The molecule has 0 saturated heterocycles. The average Bonchev–Trinajstić information content (AvgIpc) is 3.03. The van der Waals surface area contributed by atoms with Gasteiger partial charge in [-0.1, -0.05) is 17.7 Å². The van der Waals surface area contributed by atoms with Crippen molar-refractivity contribution in [2.45, 2.75) is 19.9 Å². The first-order valence-corrected chi connectivity index (χ1v) is 7.82. The van der Waals surface area contributed by atoms with E-state index in [-0.39, 0.29) is 30.9 Å². The second-order valence-electron chi connectivity index (χ2n) is 5.89. The number of nitrogens with one attached hydrogen (secondary N) is 2.